The number of fused-ring (bicyclic) bond motifs is 3. The van der Waals surface area contributed by atoms with E-state index in [4.69, 9.17) is 9.47 Å². The number of benzene rings is 1. The van der Waals surface area contributed by atoms with E-state index in [1.165, 1.54) is 19.8 Å². The topological polar surface area (TPSA) is 71.6 Å². The molecule has 1 aliphatic rings. The van der Waals surface area contributed by atoms with Gasteiger partial charge in [0.15, 0.2) is 0 Å². The van der Waals surface area contributed by atoms with E-state index in [2.05, 4.69) is 16.0 Å². The summed E-state index contributed by atoms with van der Waals surface area (Å²) in [6.07, 6.45) is 1.15. The van der Waals surface area contributed by atoms with Crippen LogP contribution >= 0.6 is 0 Å². The molecule has 1 N–H and O–H groups in total. The number of hydrogen-bond donors (Lipinski definition) is 1. The van der Waals surface area contributed by atoms with Crippen molar-refractivity contribution in [2.24, 2.45) is 0 Å². The fraction of sp³-hybridized carbons (Fsp3) is 0.444. The highest BCUT2D eigenvalue weighted by molar-refractivity contribution is 5.88. The van der Waals surface area contributed by atoms with Gasteiger partial charge >= 0.3 is 11.9 Å². The van der Waals surface area contributed by atoms with Crippen molar-refractivity contribution in [2.45, 2.75) is 18.8 Å². The molecule has 1 aromatic carbocycles. The molecule has 128 valence electrons. The van der Waals surface area contributed by atoms with Crippen LogP contribution in [0.2, 0.25) is 0 Å². The van der Waals surface area contributed by atoms with Crippen LogP contribution in [0.1, 0.15) is 23.6 Å². The number of H-pyrrole nitrogens is 1. The minimum atomic E-state index is -0.377. The second kappa shape index (κ2) is 7.05. The molecule has 1 atom stereocenters. The van der Waals surface area contributed by atoms with E-state index in [1.807, 2.05) is 18.2 Å². The van der Waals surface area contributed by atoms with Crippen LogP contribution in [-0.4, -0.2) is 55.7 Å². The normalized spacial score (nSPS) is 18.0. The Labute approximate surface area is 140 Å². The molecule has 2 heterocycles. The Kier molecular flexibility index (Phi) is 4.85. The number of para-hydroxylation sites is 1. The third-order valence-corrected chi connectivity index (χ3v) is 4.66. The van der Waals surface area contributed by atoms with E-state index in [1.54, 1.807) is 0 Å². The molecule has 2 aromatic rings. The van der Waals surface area contributed by atoms with Crippen molar-refractivity contribution in [3.05, 3.63) is 35.5 Å². The first kappa shape index (κ1) is 16.5. The molecule has 0 aliphatic carbocycles. The maximum Gasteiger partial charge on any atom is 0.315 e. The number of carbonyl (C=O) groups excluding carboxylic acids is 2. The van der Waals surface area contributed by atoms with Crippen LogP contribution in [0, 0.1) is 0 Å². The Morgan fingerprint density at radius 3 is 2.79 bits per heavy atom. The van der Waals surface area contributed by atoms with E-state index >= 15 is 0 Å². The van der Waals surface area contributed by atoms with Crippen molar-refractivity contribution < 1.29 is 19.1 Å². The van der Waals surface area contributed by atoms with Gasteiger partial charge in [0.05, 0.1) is 20.6 Å². The standard InChI is InChI=1S/C18H22N2O4/c1-23-16(21)8-10-20-9-7-13-12-5-3-4-6-15(12)19-17(13)14(11-20)18(22)24-2/h3-6,14,19H,7-11H2,1-2H3. The summed E-state index contributed by atoms with van der Waals surface area (Å²) in [5, 5.41) is 1.15. The quantitative estimate of drug-likeness (QED) is 0.866. The number of methoxy groups -OCH3 is 2. The smallest absolute Gasteiger partial charge is 0.315 e. The number of rotatable bonds is 4. The molecule has 24 heavy (non-hydrogen) atoms. The van der Waals surface area contributed by atoms with Gasteiger partial charge in [0.2, 0.25) is 0 Å². The Balaban J connectivity index is 1.90. The van der Waals surface area contributed by atoms with Crippen molar-refractivity contribution in [1.29, 1.82) is 0 Å². The summed E-state index contributed by atoms with van der Waals surface area (Å²) in [7, 11) is 2.80. The fourth-order valence-corrected chi connectivity index (χ4v) is 3.39. The highest BCUT2D eigenvalue weighted by atomic mass is 16.5. The second-order valence-electron chi connectivity index (χ2n) is 6.02. The minimum absolute atomic E-state index is 0.238. The van der Waals surface area contributed by atoms with Gasteiger partial charge in [-0.2, -0.15) is 0 Å². The van der Waals surface area contributed by atoms with Gasteiger partial charge in [0, 0.05) is 36.2 Å². The van der Waals surface area contributed by atoms with Gasteiger partial charge in [0.25, 0.3) is 0 Å². The second-order valence-corrected chi connectivity index (χ2v) is 6.02. The average molecular weight is 330 g/mol. The molecule has 6 nitrogen and oxygen atoms in total. The Morgan fingerprint density at radius 1 is 1.25 bits per heavy atom. The maximum absolute atomic E-state index is 12.3. The lowest BCUT2D eigenvalue weighted by Crippen LogP contribution is -2.33. The highest BCUT2D eigenvalue weighted by Crippen LogP contribution is 2.32. The number of ether oxygens (including phenoxy) is 2. The van der Waals surface area contributed by atoms with E-state index in [0.717, 1.165) is 29.6 Å². The molecule has 1 aromatic heterocycles. The lowest BCUT2D eigenvalue weighted by molar-refractivity contribution is -0.143. The fourth-order valence-electron chi connectivity index (χ4n) is 3.39. The molecule has 1 aliphatic heterocycles. The van der Waals surface area contributed by atoms with E-state index < -0.39 is 0 Å². The van der Waals surface area contributed by atoms with Crippen LogP contribution in [-0.2, 0) is 25.5 Å². The van der Waals surface area contributed by atoms with Gasteiger partial charge in [-0.25, -0.2) is 0 Å². The molecule has 0 fully saturated rings. The molecule has 3 rings (SSSR count). The van der Waals surface area contributed by atoms with Gasteiger partial charge in [-0.1, -0.05) is 18.2 Å². The molecule has 0 amide bonds. The molecule has 6 heteroatoms. The zero-order valence-electron chi connectivity index (χ0n) is 14.0. The van der Waals surface area contributed by atoms with Gasteiger partial charge in [-0.3, -0.25) is 9.59 Å². The summed E-state index contributed by atoms with van der Waals surface area (Å²) in [4.78, 5) is 29.3. The van der Waals surface area contributed by atoms with Crippen LogP contribution in [0.4, 0.5) is 0 Å². The highest BCUT2D eigenvalue weighted by Gasteiger charge is 2.32. The summed E-state index contributed by atoms with van der Waals surface area (Å²) in [6.45, 7) is 1.89. The molecule has 0 radical (unpaired) electrons. The summed E-state index contributed by atoms with van der Waals surface area (Å²) in [6, 6.07) is 8.08. The van der Waals surface area contributed by atoms with Gasteiger partial charge in [-0.15, -0.1) is 0 Å². The van der Waals surface area contributed by atoms with E-state index in [-0.39, 0.29) is 17.9 Å². The Bertz CT molecular complexity index is 753. The first-order valence-corrected chi connectivity index (χ1v) is 8.10. The largest absolute Gasteiger partial charge is 0.469 e. The molecule has 0 spiro atoms. The van der Waals surface area contributed by atoms with Crippen LogP contribution in [0.3, 0.4) is 0 Å². The Hall–Kier alpha value is -2.34. The molecule has 0 bridgehead atoms. The van der Waals surface area contributed by atoms with Gasteiger partial charge < -0.3 is 19.4 Å². The number of esters is 2. The first-order valence-electron chi connectivity index (χ1n) is 8.10. The number of nitrogens with zero attached hydrogens (tertiary/aromatic N) is 1. The molecular formula is C18H22N2O4. The molecule has 0 saturated heterocycles. The predicted octanol–water partition coefficient (Wildman–Crippen LogP) is 1.85. The first-order chi connectivity index (χ1) is 11.6. The van der Waals surface area contributed by atoms with E-state index in [0.29, 0.717) is 19.5 Å². The van der Waals surface area contributed by atoms with Crippen molar-refractivity contribution in [2.75, 3.05) is 33.9 Å². The Morgan fingerprint density at radius 2 is 2.04 bits per heavy atom. The van der Waals surface area contributed by atoms with Crippen molar-refractivity contribution >= 4 is 22.8 Å². The van der Waals surface area contributed by atoms with Crippen LogP contribution in [0.25, 0.3) is 10.9 Å². The SMILES string of the molecule is COC(=O)CCN1CCc2c([nH]c3ccccc23)C(C(=O)OC)C1. The average Bonchev–Trinajstić information content (AvgIpc) is 2.88. The van der Waals surface area contributed by atoms with Crippen LogP contribution < -0.4 is 0 Å². The monoisotopic (exact) mass is 330 g/mol. The zero-order valence-corrected chi connectivity index (χ0v) is 14.0. The number of nitrogens with one attached hydrogen (secondary N) is 1. The lowest BCUT2D eigenvalue weighted by atomic mass is 10.00. The third-order valence-electron chi connectivity index (χ3n) is 4.66. The summed E-state index contributed by atoms with van der Waals surface area (Å²) < 4.78 is 9.73. The number of hydrogen-bond acceptors (Lipinski definition) is 5. The van der Waals surface area contributed by atoms with Crippen molar-refractivity contribution in [3.63, 3.8) is 0 Å². The van der Waals surface area contributed by atoms with E-state index in [9.17, 15) is 9.59 Å². The predicted molar refractivity (Wildman–Crippen MR) is 89.8 cm³/mol. The lowest BCUT2D eigenvalue weighted by Gasteiger charge is -2.22. The number of carbonyl (C=O) groups is 2. The van der Waals surface area contributed by atoms with Gasteiger partial charge in [-0.05, 0) is 18.1 Å². The molecule has 0 saturated carbocycles. The summed E-state index contributed by atoms with van der Waals surface area (Å²) in [5.74, 6) is -0.872. The van der Waals surface area contributed by atoms with Crippen molar-refractivity contribution in [1.82, 2.24) is 9.88 Å². The minimum Gasteiger partial charge on any atom is -0.469 e. The van der Waals surface area contributed by atoms with Crippen LogP contribution in [0.15, 0.2) is 24.3 Å². The summed E-state index contributed by atoms with van der Waals surface area (Å²) >= 11 is 0. The zero-order chi connectivity index (χ0) is 17.1. The molecular weight excluding hydrogens is 308 g/mol. The third kappa shape index (κ3) is 3.14. The van der Waals surface area contributed by atoms with Gasteiger partial charge in [0.1, 0.15) is 5.92 Å². The van der Waals surface area contributed by atoms with Crippen LogP contribution in [0.5, 0.6) is 0 Å². The van der Waals surface area contributed by atoms with Crippen molar-refractivity contribution in [3.8, 4) is 0 Å². The maximum atomic E-state index is 12.3. The summed E-state index contributed by atoms with van der Waals surface area (Å²) in [5.41, 5.74) is 3.14. The number of aromatic amines is 1. The molecule has 1 unspecified atom stereocenters. The number of aromatic nitrogens is 1.